The van der Waals surface area contributed by atoms with Gasteiger partial charge < -0.3 is 16.4 Å². The van der Waals surface area contributed by atoms with E-state index in [0.717, 1.165) is 10.5 Å². The maximum atomic E-state index is 12.1. The quantitative estimate of drug-likeness (QED) is 0.643. The van der Waals surface area contributed by atoms with Gasteiger partial charge in [-0.25, -0.2) is 4.79 Å². The lowest BCUT2D eigenvalue weighted by molar-refractivity contribution is -0.127. The van der Waals surface area contributed by atoms with Gasteiger partial charge in [0.2, 0.25) is 11.8 Å². The largest absolute Gasteiger partial charge is 0.354 e. The van der Waals surface area contributed by atoms with Crippen molar-refractivity contribution in [2.24, 2.45) is 11.7 Å². The average Bonchev–Trinajstić information content (AvgIpc) is 2.86. The van der Waals surface area contributed by atoms with Crippen LogP contribution in [0, 0.1) is 5.92 Å². The van der Waals surface area contributed by atoms with Gasteiger partial charge >= 0.3 is 6.03 Å². The van der Waals surface area contributed by atoms with Crippen molar-refractivity contribution in [2.45, 2.75) is 13.0 Å². The molecule has 2 unspecified atom stereocenters. The molecule has 1 aromatic rings. The minimum absolute atomic E-state index is 0.0159. The number of carbonyl (C=O) groups excluding carboxylic acids is 3. The zero-order valence-electron chi connectivity index (χ0n) is 12.4. The summed E-state index contributed by atoms with van der Waals surface area (Å²) in [5.74, 6) is -0.901. The van der Waals surface area contributed by atoms with Gasteiger partial charge in [-0.1, -0.05) is 37.3 Å². The number of imide groups is 1. The third kappa shape index (κ3) is 3.62. The van der Waals surface area contributed by atoms with Crippen LogP contribution >= 0.6 is 0 Å². The minimum atomic E-state index is -0.423. The summed E-state index contributed by atoms with van der Waals surface area (Å²) in [6.45, 7) is 2.14. The number of benzene rings is 1. The highest BCUT2D eigenvalue weighted by atomic mass is 16.2. The summed E-state index contributed by atoms with van der Waals surface area (Å²) >= 11 is 0. The first-order valence-corrected chi connectivity index (χ1v) is 7.17. The van der Waals surface area contributed by atoms with E-state index in [0.29, 0.717) is 0 Å². The predicted octanol–water partition coefficient (Wildman–Crippen LogP) is -0.00950. The minimum Gasteiger partial charge on any atom is -0.354 e. The van der Waals surface area contributed by atoms with E-state index in [4.69, 9.17) is 5.73 Å². The van der Waals surface area contributed by atoms with Crippen LogP contribution in [0.15, 0.2) is 30.3 Å². The molecule has 2 atom stereocenters. The molecule has 1 aliphatic heterocycles. The van der Waals surface area contributed by atoms with Crippen molar-refractivity contribution in [1.82, 2.24) is 15.5 Å². The number of urea groups is 1. The number of hydrogen-bond donors (Lipinski definition) is 3. The molecular weight excluding hydrogens is 284 g/mol. The number of nitrogens with zero attached hydrogens (tertiary/aromatic N) is 1. The molecule has 0 spiro atoms. The highest BCUT2D eigenvalue weighted by Gasteiger charge is 2.28. The van der Waals surface area contributed by atoms with E-state index >= 15 is 0 Å². The Labute approximate surface area is 128 Å². The molecule has 4 N–H and O–H groups in total. The molecule has 7 heteroatoms. The van der Waals surface area contributed by atoms with Crippen LogP contribution < -0.4 is 16.4 Å². The average molecular weight is 304 g/mol. The number of amides is 4. The van der Waals surface area contributed by atoms with Crippen LogP contribution in [-0.2, 0) is 9.59 Å². The molecule has 0 aromatic heterocycles. The molecule has 2 rings (SSSR count). The summed E-state index contributed by atoms with van der Waals surface area (Å²) in [5, 5.41) is 5.13. The Morgan fingerprint density at radius 1 is 1.36 bits per heavy atom. The molecule has 1 aliphatic rings. The van der Waals surface area contributed by atoms with Gasteiger partial charge in [0, 0.05) is 19.1 Å². The van der Waals surface area contributed by atoms with Gasteiger partial charge in [-0.2, -0.15) is 0 Å². The lowest BCUT2D eigenvalue weighted by Gasteiger charge is -2.20. The zero-order chi connectivity index (χ0) is 16.1. The molecule has 1 saturated heterocycles. The fourth-order valence-corrected chi connectivity index (χ4v) is 2.26. The Morgan fingerprint density at radius 3 is 2.64 bits per heavy atom. The Morgan fingerprint density at radius 2 is 2.05 bits per heavy atom. The molecule has 118 valence electrons. The van der Waals surface area contributed by atoms with Gasteiger partial charge in [-0.3, -0.25) is 14.5 Å². The fraction of sp³-hybridized carbons (Fsp3) is 0.400. The van der Waals surface area contributed by atoms with Gasteiger partial charge in [0.25, 0.3) is 0 Å². The predicted molar refractivity (Wildman–Crippen MR) is 80.7 cm³/mol. The highest BCUT2D eigenvalue weighted by molar-refractivity contribution is 6.01. The van der Waals surface area contributed by atoms with E-state index in [-0.39, 0.29) is 31.4 Å². The van der Waals surface area contributed by atoms with Crippen LogP contribution in [0.25, 0.3) is 0 Å². The topological polar surface area (TPSA) is 105 Å². The SMILES string of the molecule is CC(C(=O)NCCN1C(=O)CNC1=O)C(N)c1ccccc1. The lowest BCUT2D eigenvalue weighted by atomic mass is 9.95. The first-order chi connectivity index (χ1) is 10.5. The van der Waals surface area contributed by atoms with Crippen LogP contribution in [0.4, 0.5) is 4.79 Å². The van der Waals surface area contributed by atoms with Crippen molar-refractivity contribution < 1.29 is 14.4 Å². The molecule has 0 saturated carbocycles. The van der Waals surface area contributed by atoms with E-state index in [1.165, 1.54) is 0 Å². The zero-order valence-corrected chi connectivity index (χ0v) is 12.4. The molecule has 0 aliphatic carbocycles. The second kappa shape index (κ2) is 7.04. The number of hydrogen-bond acceptors (Lipinski definition) is 4. The van der Waals surface area contributed by atoms with Crippen molar-refractivity contribution in [2.75, 3.05) is 19.6 Å². The standard InChI is InChI=1S/C15H20N4O3/c1-10(13(16)11-5-3-2-4-6-11)14(21)17-7-8-19-12(20)9-18-15(19)22/h2-6,10,13H,7-9,16H2,1H3,(H,17,21)(H,18,22). The van der Waals surface area contributed by atoms with E-state index < -0.39 is 18.0 Å². The first-order valence-electron chi connectivity index (χ1n) is 7.17. The summed E-state index contributed by atoms with van der Waals surface area (Å²) in [6, 6.07) is 8.56. The Kier molecular flexibility index (Phi) is 5.11. The van der Waals surface area contributed by atoms with Gasteiger partial charge in [-0.05, 0) is 5.56 Å². The van der Waals surface area contributed by atoms with Crippen LogP contribution in [0.2, 0.25) is 0 Å². The van der Waals surface area contributed by atoms with Crippen LogP contribution in [-0.4, -0.2) is 42.4 Å². The Bertz CT molecular complexity index is 545. The smallest absolute Gasteiger partial charge is 0.324 e. The van der Waals surface area contributed by atoms with Crippen molar-refractivity contribution in [3.8, 4) is 0 Å². The van der Waals surface area contributed by atoms with E-state index in [1.54, 1.807) is 6.92 Å². The van der Waals surface area contributed by atoms with Crippen molar-refractivity contribution in [3.05, 3.63) is 35.9 Å². The van der Waals surface area contributed by atoms with Gasteiger partial charge in [0.05, 0.1) is 12.5 Å². The fourth-order valence-electron chi connectivity index (χ4n) is 2.26. The van der Waals surface area contributed by atoms with Crippen molar-refractivity contribution in [1.29, 1.82) is 0 Å². The third-order valence-electron chi connectivity index (χ3n) is 3.71. The summed E-state index contributed by atoms with van der Waals surface area (Å²) in [4.78, 5) is 35.9. The summed E-state index contributed by atoms with van der Waals surface area (Å²) in [6.07, 6.45) is 0. The molecule has 7 nitrogen and oxygen atoms in total. The van der Waals surface area contributed by atoms with Crippen molar-refractivity contribution in [3.63, 3.8) is 0 Å². The monoisotopic (exact) mass is 304 g/mol. The van der Waals surface area contributed by atoms with Crippen LogP contribution in [0.5, 0.6) is 0 Å². The molecule has 1 aromatic carbocycles. The molecule has 4 amide bonds. The Balaban J connectivity index is 1.82. The molecule has 0 radical (unpaired) electrons. The maximum absolute atomic E-state index is 12.1. The second-order valence-electron chi connectivity index (χ2n) is 5.22. The normalized spacial score (nSPS) is 17.1. The molecule has 1 fully saturated rings. The van der Waals surface area contributed by atoms with E-state index in [2.05, 4.69) is 10.6 Å². The van der Waals surface area contributed by atoms with Crippen LogP contribution in [0.3, 0.4) is 0 Å². The highest BCUT2D eigenvalue weighted by Crippen LogP contribution is 2.18. The van der Waals surface area contributed by atoms with Crippen molar-refractivity contribution >= 4 is 17.8 Å². The second-order valence-corrected chi connectivity index (χ2v) is 5.22. The maximum Gasteiger partial charge on any atom is 0.324 e. The summed E-state index contributed by atoms with van der Waals surface area (Å²) in [5.41, 5.74) is 6.98. The van der Waals surface area contributed by atoms with Gasteiger partial charge in [0.15, 0.2) is 0 Å². The number of rotatable bonds is 6. The number of nitrogens with one attached hydrogen (secondary N) is 2. The molecule has 22 heavy (non-hydrogen) atoms. The van der Waals surface area contributed by atoms with Gasteiger partial charge in [0.1, 0.15) is 0 Å². The summed E-state index contributed by atoms with van der Waals surface area (Å²) < 4.78 is 0. The van der Waals surface area contributed by atoms with E-state index in [1.807, 2.05) is 30.3 Å². The Hall–Kier alpha value is -2.41. The molecule has 1 heterocycles. The first kappa shape index (κ1) is 16.0. The van der Waals surface area contributed by atoms with E-state index in [9.17, 15) is 14.4 Å². The van der Waals surface area contributed by atoms with Gasteiger partial charge in [-0.15, -0.1) is 0 Å². The molecular formula is C15H20N4O3. The third-order valence-corrected chi connectivity index (χ3v) is 3.71. The summed E-state index contributed by atoms with van der Waals surface area (Å²) in [7, 11) is 0. The number of carbonyl (C=O) groups is 3. The molecule has 0 bridgehead atoms. The number of nitrogens with two attached hydrogens (primary N) is 1. The lowest BCUT2D eigenvalue weighted by Crippen LogP contribution is -2.41. The van der Waals surface area contributed by atoms with Crippen LogP contribution in [0.1, 0.15) is 18.5 Å².